The van der Waals surface area contributed by atoms with Crippen LogP contribution in [0.15, 0.2) is 24.3 Å². The highest BCUT2D eigenvalue weighted by molar-refractivity contribution is 7.80. The molecule has 88 valence electrons. The van der Waals surface area contributed by atoms with E-state index in [0.29, 0.717) is 23.5 Å². The molecule has 0 radical (unpaired) electrons. The van der Waals surface area contributed by atoms with E-state index in [2.05, 4.69) is 4.90 Å². The Morgan fingerprint density at radius 2 is 2.12 bits per heavy atom. The maximum Gasteiger partial charge on any atom is 0.127 e. The predicted octanol–water partition coefficient (Wildman–Crippen LogP) is 2.32. The van der Waals surface area contributed by atoms with Gasteiger partial charge in [-0.2, -0.15) is 0 Å². The fourth-order valence-corrected chi connectivity index (χ4v) is 1.58. The fraction of sp³-hybridized carbons (Fsp3) is 0.417. The largest absolute Gasteiger partial charge is 0.393 e. The minimum atomic E-state index is -0.156. The number of hydrogen-bond acceptors (Lipinski definition) is 2. The Bertz CT molecular complexity index is 355. The summed E-state index contributed by atoms with van der Waals surface area (Å²) in [6.07, 6.45) is 0.678. The monoisotopic (exact) mass is 240 g/mol. The van der Waals surface area contributed by atoms with E-state index in [1.807, 2.05) is 13.0 Å². The van der Waals surface area contributed by atoms with Crippen molar-refractivity contribution in [3.8, 4) is 0 Å². The van der Waals surface area contributed by atoms with Crippen LogP contribution >= 0.6 is 12.2 Å². The molecule has 0 aliphatic carbocycles. The van der Waals surface area contributed by atoms with Crippen LogP contribution < -0.4 is 5.73 Å². The zero-order valence-electron chi connectivity index (χ0n) is 9.45. The first-order chi connectivity index (χ1) is 7.63. The lowest BCUT2D eigenvalue weighted by atomic mass is 10.2. The van der Waals surface area contributed by atoms with E-state index >= 15 is 0 Å². The first-order valence-electron chi connectivity index (χ1n) is 5.37. The summed E-state index contributed by atoms with van der Waals surface area (Å²) in [6.45, 7) is 4.28. The van der Waals surface area contributed by atoms with Crippen LogP contribution in [0.5, 0.6) is 0 Å². The van der Waals surface area contributed by atoms with Gasteiger partial charge < -0.3 is 5.73 Å². The van der Waals surface area contributed by atoms with Gasteiger partial charge in [-0.15, -0.1) is 0 Å². The van der Waals surface area contributed by atoms with E-state index in [0.717, 1.165) is 13.1 Å². The molecule has 0 aliphatic rings. The van der Waals surface area contributed by atoms with Gasteiger partial charge in [0.2, 0.25) is 0 Å². The number of rotatable bonds is 6. The standard InChI is InChI=1S/C12H17FN2S/c1-2-15(8-7-12(14)16)9-10-5-3-4-6-11(10)13/h3-6H,2,7-9H2,1H3,(H2,14,16). The second-order valence-electron chi connectivity index (χ2n) is 3.68. The van der Waals surface area contributed by atoms with Crippen LogP contribution in [0.4, 0.5) is 4.39 Å². The number of nitrogens with two attached hydrogens (primary N) is 1. The summed E-state index contributed by atoms with van der Waals surface area (Å²) in [4.78, 5) is 2.63. The Morgan fingerprint density at radius 3 is 2.69 bits per heavy atom. The molecular formula is C12H17FN2S. The molecule has 0 amide bonds. The van der Waals surface area contributed by atoms with Gasteiger partial charge in [-0.3, -0.25) is 4.90 Å². The third kappa shape index (κ3) is 4.24. The van der Waals surface area contributed by atoms with Crippen molar-refractivity contribution >= 4 is 17.2 Å². The van der Waals surface area contributed by atoms with E-state index in [1.54, 1.807) is 12.1 Å². The number of benzene rings is 1. The Balaban J connectivity index is 2.56. The number of halogens is 1. The summed E-state index contributed by atoms with van der Waals surface area (Å²) >= 11 is 4.83. The molecule has 0 fully saturated rings. The highest BCUT2D eigenvalue weighted by Crippen LogP contribution is 2.09. The van der Waals surface area contributed by atoms with Gasteiger partial charge in [0.1, 0.15) is 5.82 Å². The smallest absolute Gasteiger partial charge is 0.127 e. The number of nitrogens with zero attached hydrogens (tertiary/aromatic N) is 1. The van der Waals surface area contributed by atoms with Gasteiger partial charge in [0.05, 0.1) is 4.99 Å². The lowest BCUT2D eigenvalue weighted by Crippen LogP contribution is -2.27. The van der Waals surface area contributed by atoms with Crippen LogP contribution in [0.25, 0.3) is 0 Å². The molecule has 0 aliphatic heterocycles. The highest BCUT2D eigenvalue weighted by atomic mass is 32.1. The summed E-state index contributed by atoms with van der Waals surface area (Å²) in [5.41, 5.74) is 6.16. The lowest BCUT2D eigenvalue weighted by Gasteiger charge is -2.20. The second kappa shape index (κ2) is 6.55. The minimum Gasteiger partial charge on any atom is -0.393 e. The maximum absolute atomic E-state index is 13.4. The first-order valence-corrected chi connectivity index (χ1v) is 5.78. The zero-order valence-corrected chi connectivity index (χ0v) is 10.3. The van der Waals surface area contributed by atoms with E-state index in [4.69, 9.17) is 18.0 Å². The Morgan fingerprint density at radius 1 is 1.44 bits per heavy atom. The van der Waals surface area contributed by atoms with Crippen molar-refractivity contribution in [2.24, 2.45) is 5.73 Å². The molecule has 0 bridgehead atoms. The molecule has 1 rings (SSSR count). The van der Waals surface area contributed by atoms with Crippen molar-refractivity contribution in [1.29, 1.82) is 0 Å². The van der Waals surface area contributed by atoms with Crippen molar-refractivity contribution in [2.75, 3.05) is 13.1 Å². The Hall–Kier alpha value is -1.00. The molecule has 0 saturated carbocycles. The number of thiocarbonyl (C=S) groups is 1. The van der Waals surface area contributed by atoms with Crippen molar-refractivity contribution < 1.29 is 4.39 Å². The van der Waals surface area contributed by atoms with Gasteiger partial charge in [-0.1, -0.05) is 37.3 Å². The van der Waals surface area contributed by atoms with Gasteiger partial charge in [0.25, 0.3) is 0 Å². The van der Waals surface area contributed by atoms with Crippen LogP contribution in [0.3, 0.4) is 0 Å². The predicted molar refractivity (Wildman–Crippen MR) is 68.8 cm³/mol. The molecule has 0 saturated heterocycles. The topological polar surface area (TPSA) is 29.3 Å². The molecule has 0 heterocycles. The summed E-state index contributed by atoms with van der Waals surface area (Å²) in [7, 11) is 0. The van der Waals surface area contributed by atoms with Crippen molar-refractivity contribution in [3.63, 3.8) is 0 Å². The first kappa shape index (κ1) is 13.1. The van der Waals surface area contributed by atoms with Gasteiger partial charge in [0, 0.05) is 25.1 Å². The minimum absolute atomic E-state index is 0.156. The summed E-state index contributed by atoms with van der Waals surface area (Å²) in [5.74, 6) is -0.156. The zero-order chi connectivity index (χ0) is 12.0. The van der Waals surface area contributed by atoms with Gasteiger partial charge in [0.15, 0.2) is 0 Å². The molecule has 0 atom stereocenters. The van der Waals surface area contributed by atoms with E-state index < -0.39 is 0 Å². The maximum atomic E-state index is 13.4. The lowest BCUT2D eigenvalue weighted by molar-refractivity contribution is 0.284. The summed E-state index contributed by atoms with van der Waals surface area (Å²) in [6, 6.07) is 6.83. The van der Waals surface area contributed by atoms with Crippen molar-refractivity contribution in [2.45, 2.75) is 19.9 Å². The number of hydrogen-bond donors (Lipinski definition) is 1. The normalized spacial score (nSPS) is 10.7. The molecule has 1 aromatic rings. The van der Waals surface area contributed by atoms with Crippen LogP contribution in [-0.2, 0) is 6.54 Å². The molecule has 2 nitrogen and oxygen atoms in total. The van der Waals surface area contributed by atoms with Gasteiger partial charge in [-0.05, 0) is 12.6 Å². The van der Waals surface area contributed by atoms with Crippen LogP contribution in [0.2, 0.25) is 0 Å². The molecule has 2 N–H and O–H groups in total. The van der Waals surface area contributed by atoms with Crippen molar-refractivity contribution in [3.05, 3.63) is 35.6 Å². The molecule has 0 aromatic heterocycles. The Labute approximate surface area is 101 Å². The molecule has 0 spiro atoms. The van der Waals surface area contributed by atoms with Crippen LogP contribution in [0.1, 0.15) is 18.9 Å². The highest BCUT2D eigenvalue weighted by Gasteiger charge is 2.07. The van der Waals surface area contributed by atoms with Gasteiger partial charge in [-0.25, -0.2) is 4.39 Å². The summed E-state index contributed by atoms with van der Waals surface area (Å²) < 4.78 is 13.4. The van der Waals surface area contributed by atoms with E-state index in [1.165, 1.54) is 6.07 Å². The third-order valence-corrected chi connectivity index (χ3v) is 2.68. The molecule has 16 heavy (non-hydrogen) atoms. The molecule has 0 unspecified atom stereocenters. The molecule has 1 aromatic carbocycles. The van der Waals surface area contributed by atoms with Crippen LogP contribution in [0, 0.1) is 5.82 Å². The molecular weight excluding hydrogens is 223 g/mol. The average molecular weight is 240 g/mol. The van der Waals surface area contributed by atoms with E-state index in [9.17, 15) is 4.39 Å². The molecule has 4 heteroatoms. The van der Waals surface area contributed by atoms with Gasteiger partial charge >= 0.3 is 0 Å². The SMILES string of the molecule is CCN(CCC(N)=S)Cc1ccccc1F. The van der Waals surface area contributed by atoms with Crippen molar-refractivity contribution in [1.82, 2.24) is 4.90 Å². The average Bonchev–Trinajstić information content (AvgIpc) is 2.26. The third-order valence-electron chi connectivity index (χ3n) is 2.47. The Kier molecular flexibility index (Phi) is 5.35. The fourth-order valence-electron chi connectivity index (χ4n) is 1.48. The quantitative estimate of drug-likeness (QED) is 0.774. The second-order valence-corrected chi connectivity index (χ2v) is 4.20. The van der Waals surface area contributed by atoms with Crippen LogP contribution in [-0.4, -0.2) is 23.0 Å². The summed E-state index contributed by atoms with van der Waals surface area (Å²) in [5, 5.41) is 0. The van der Waals surface area contributed by atoms with E-state index in [-0.39, 0.29) is 5.82 Å².